The van der Waals surface area contributed by atoms with E-state index in [0.717, 1.165) is 57.2 Å². The van der Waals surface area contributed by atoms with Crippen molar-refractivity contribution in [3.63, 3.8) is 0 Å². The number of hydrogen-bond donors (Lipinski definition) is 1. The van der Waals surface area contributed by atoms with Gasteiger partial charge < -0.3 is 24.3 Å². The Labute approximate surface area is 207 Å². The van der Waals surface area contributed by atoms with Gasteiger partial charge in [0.25, 0.3) is 0 Å². The Morgan fingerprint density at radius 3 is 2.32 bits per heavy atom. The second-order valence-corrected chi connectivity index (χ2v) is 11.1. The largest absolute Gasteiger partial charge is 0.457 e. The van der Waals surface area contributed by atoms with Crippen molar-refractivity contribution < 1.29 is 18.8 Å². The Balaban J connectivity index is 1.55. The van der Waals surface area contributed by atoms with E-state index in [1.165, 1.54) is 19.3 Å². The van der Waals surface area contributed by atoms with Crippen LogP contribution in [0.5, 0.6) is 0 Å². The van der Waals surface area contributed by atoms with E-state index in [9.17, 15) is 4.79 Å². The molecule has 1 amide bonds. The fraction of sp³-hybridized carbons (Fsp3) is 0.741. The van der Waals surface area contributed by atoms with Gasteiger partial charge in [-0.15, -0.1) is 0 Å². The van der Waals surface area contributed by atoms with Crippen LogP contribution in [0.25, 0.3) is 0 Å². The summed E-state index contributed by atoms with van der Waals surface area (Å²) in [7, 11) is -0.160. The lowest BCUT2D eigenvalue weighted by atomic mass is 9.80. The normalized spacial score (nSPS) is 21.7. The van der Waals surface area contributed by atoms with Gasteiger partial charge in [0.15, 0.2) is 0 Å². The quantitative estimate of drug-likeness (QED) is 0.325. The predicted molar refractivity (Wildman–Crippen MR) is 138 cm³/mol. The first-order chi connectivity index (χ1) is 16.1. The first-order valence-electron chi connectivity index (χ1n) is 13.2. The number of unbranched alkanes of at least 4 members (excludes halogenated alkanes) is 1. The predicted octanol–water partition coefficient (Wildman–Crippen LogP) is 5.81. The highest BCUT2D eigenvalue weighted by Gasteiger charge is 2.50. The van der Waals surface area contributed by atoms with Crippen molar-refractivity contribution >= 4 is 13.2 Å². The van der Waals surface area contributed by atoms with E-state index in [4.69, 9.17) is 14.0 Å². The summed E-state index contributed by atoms with van der Waals surface area (Å²) in [6, 6.07) is 9.84. The first kappa shape index (κ1) is 27.0. The fourth-order valence-corrected chi connectivity index (χ4v) is 4.94. The minimum absolute atomic E-state index is 0.160. The number of hydrogen-bond acceptors (Lipinski definition) is 5. The van der Waals surface area contributed by atoms with Gasteiger partial charge in [0.2, 0.25) is 0 Å². The number of rotatable bonds is 11. The first-order valence-corrected chi connectivity index (χ1v) is 13.2. The molecule has 2 aliphatic rings. The van der Waals surface area contributed by atoms with E-state index in [1.54, 1.807) is 0 Å². The molecule has 3 rings (SSSR count). The molecular weight excluding hydrogens is 427 g/mol. The highest BCUT2D eigenvalue weighted by molar-refractivity contribution is 6.45. The lowest BCUT2D eigenvalue weighted by Crippen LogP contribution is -2.56. The van der Waals surface area contributed by atoms with Gasteiger partial charge in [-0.1, -0.05) is 56.5 Å². The highest BCUT2D eigenvalue weighted by Crippen LogP contribution is 2.38. The van der Waals surface area contributed by atoms with Gasteiger partial charge in [-0.2, -0.15) is 0 Å². The van der Waals surface area contributed by atoms with Crippen LogP contribution < -0.4 is 5.32 Å². The molecule has 2 fully saturated rings. The molecule has 190 valence electrons. The molecule has 1 unspecified atom stereocenters. The molecule has 34 heavy (non-hydrogen) atoms. The van der Waals surface area contributed by atoms with Crippen molar-refractivity contribution in [3.05, 3.63) is 35.9 Å². The Morgan fingerprint density at radius 1 is 1.06 bits per heavy atom. The van der Waals surface area contributed by atoms with Crippen LogP contribution in [0, 0.1) is 0 Å². The van der Waals surface area contributed by atoms with Crippen LogP contribution in [0.15, 0.2) is 30.3 Å². The lowest BCUT2D eigenvalue weighted by molar-refractivity contribution is 0.00578. The van der Waals surface area contributed by atoms with E-state index < -0.39 is 0 Å². The molecule has 1 N–H and O–H groups in total. The highest BCUT2D eigenvalue weighted by atomic mass is 16.7. The Bertz CT molecular complexity index is 751. The average molecular weight is 472 g/mol. The Hall–Kier alpha value is -1.57. The van der Waals surface area contributed by atoms with E-state index in [-0.39, 0.29) is 36.6 Å². The minimum Gasteiger partial charge on any atom is -0.445 e. The molecule has 2 aliphatic heterocycles. The van der Waals surface area contributed by atoms with Crippen LogP contribution in [0.1, 0.15) is 85.1 Å². The monoisotopic (exact) mass is 472 g/mol. The summed E-state index contributed by atoms with van der Waals surface area (Å²) in [5.74, 6) is 0. The van der Waals surface area contributed by atoms with Gasteiger partial charge in [-0.3, -0.25) is 0 Å². The smallest absolute Gasteiger partial charge is 0.445 e. The number of piperidine rings is 1. The summed E-state index contributed by atoms with van der Waals surface area (Å²) in [6.45, 7) is 13.9. The summed E-state index contributed by atoms with van der Waals surface area (Å²) in [4.78, 5) is 15.3. The van der Waals surface area contributed by atoms with Crippen LogP contribution in [0.2, 0.25) is 6.32 Å². The number of nitrogens with zero attached hydrogens (tertiary/aromatic N) is 1. The second-order valence-electron chi connectivity index (χ2n) is 11.1. The molecule has 2 saturated heterocycles. The molecule has 2 heterocycles. The van der Waals surface area contributed by atoms with Crippen LogP contribution >= 0.6 is 0 Å². The third-order valence-corrected chi connectivity index (χ3v) is 7.88. The molecule has 1 atom stereocenters. The van der Waals surface area contributed by atoms with Gasteiger partial charge in [-0.25, -0.2) is 4.79 Å². The summed E-state index contributed by atoms with van der Waals surface area (Å²) >= 11 is 0. The average Bonchev–Trinajstić information content (AvgIpc) is 3.02. The van der Waals surface area contributed by atoms with Crippen LogP contribution in [0.3, 0.4) is 0 Å². The molecule has 6 nitrogen and oxygen atoms in total. The van der Waals surface area contributed by atoms with E-state index in [1.807, 2.05) is 30.3 Å². The van der Waals surface area contributed by atoms with Gasteiger partial charge in [0.05, 0.1) is 16.7 Å². The van der Waals surface area contributed by atoms with Gasteiger partial charge >= 0.3 is 13.2 Å². The van der Waals surface area contributed by atoms with Crippen molar-refractivity contribution in [1.29, 1.82) is 0 Å². The van der Waals surface area contributed by atoms with E-state index in [0.29, 0.717) is 0 Å². The zero-order valence-corrected chi connectivity index (χ0v) is 22.0. The van der Waals surface area contributed by atoms with Crippen molar-refractivity contribution in [2.45, 2.75) is 109 Å². The summed E-state index contributed by atoms with van der Waals surface area (Å²) in [6.07, 6.45) is 8.12. The van der Waals surface area contributed by atoms with Crippen molar-refractivity contribution in [2.24, 2.45) is 0 Å². The molecule has 0 spiro atoms. The number of amides is 1. The van der Waals surface area contributed by atoms with Crippen molar-refractivity contribution in [1.82, 2.24) is 10.2 Å². The third-order valence-electron chi connectivity index (χ3n) is 7.88. The molecule has 1 aromatic rings. The summed E-state index contributed by atoms with van der Waals surface area (Å²) in [5, 5.41) is 3.29. The Kier molecular flexibility index (Phi) is 9.47. The van der Waals surface area contributed by atoms with Gasteiger partial charge in [-0.05, 0) is 78.4 Å². The topological polar surface area (TPSA) is 60.0 Å². The second kappa shape index (κ2) is 11.9. The molecule has 0 saturated carbocycles. The molecule has 0 radical (unpaired) electrons. The molecule has 1 aromatic carbocycles. The van der Waals surface area contributed by atoms with Crippen LogP contribution in [-0.4, -0.2) is 54.5 Å². The summed E-state index contributed by atoms with van der Waals surface area (Å²) < 4.78 is 17.9. The minimum atomic E-state index is -0.325. The number of likely N-dealkylation sites (tertiary alicyclic amines) is 1. The lowest BCUT2D eigenvalue weighted by Gasteiger charge is -2.40. The maximum Gasteiger partial charge on any atom is 0.457 e. The van der Waals surface area contributed by atoms with E-state index >= 15 is 0 Å². The molecule has 0 aliphatic carbocycles. The van der Waals surface area contributed by atoms with Crippen LogP contribution in [-0.2, 0) is 20.7 Å². The number of carbonyl (C=O) groups excluding carboxylic acids is 1. The van der Waals surface area contributed by atoms with Crippen LogP contribution in [0.4, 0.5) is 4.79 Å². The number of carbonyl (C=O) groups is 1. The number of ether oxygens (including phenoxy) is 1. The van der Waals surface area contributed by atoms with Crippen molar-refractivity contribution in [2.75, 3.05) is 19.6 Å². The SMILES string of the molecule is CCC(CCCCB1OC(C)(C)C(C)(C)O1)(CN1CCCCC1)NC(=O)OCc1ccccc1. The van der Waals surface area contributed by atoms with Gasteiger partial charge in [0.1, 0.15) is 6.61 Å². The number of alkyl carbamates (subject to hydrolysis) is 1. The maximum absolute atomic E-state index is 12.8. The summed E-state index contributed by atoms with van der Waals surface area (Å²) in [5.41, 5.74) is 0.131. The third kappa shape index (κ3) is 7.46. The zero-order valence-electron chi connectivity index (χ0n) is 22.0. The fourth-order valence-electron chi connectivity index (χ4n) is 4.94. The molecule has 7 heteroatoms. The van der Waals surface area contributed by atoms with E-state index in [2.05, 4.69) is 44.8 Å². The number of nitrogens with one attached hydrogen (secondary N) is 1. The Morgan fingerprint density at radius 2 is 1.71 bits per heavy atom. The molecule has 0 aromatic heterocycles. The zero-order chi connectivity index (χ0) is 24.7. The maximum atomic E-state index is 12.8. The van der Waals surface area contributed by atoms with Crippen molar-refractivity contribution in [3.8, 4) is 0 Å². The number of benzene rings is 1. The standard InChI is InChI=1S/C27H45BN2O4/c1-6-27(22-30-19-13-8-14-20-30,29-24(31)32-21-23-15-9-7-10-16-23)17-11-12-18-28-33-25(2,3)26(4,5)34-28/h7,9-10,15-16H,6,8,11-14,17-22H2,1-5H3,(H,29,31). The molecular formula is C27H45BN2O4. The van der Waals surface area contributed by atoms with Gasteiger partial charge in [0, 0.05) is 6.54 Å². The molecule has 0 bridgehead atoms.